The molecule has 0 aliphatic carbocycles. The van der Waals surface area contributed by atoms with Crippen molar-refractivity contribution < 1.29 is 14.0 Å². The zero-order chi connectivity index (χ0) is 24.2. The number of nitrogen functional groups attached to an aromatic ring is 1. The quantitative estimate of drug-likeness (QED) is 0.526. The van der Waals surface area contributed by atoms with E-state index in [2.05, 4.69) is 16.5 Å². The van der Waals surface area contributed by atoms with Gasteiger partial charge in [-0.2, -0.15) is 10.4 Å². The van der Waals surface area contributed by atoms with Gasteiger partial charge in [0.25, 0.3) is 0 Å². The molecule has 34 heavy (non-hydrogen) atoms. The lowest BCUT2D eigenvalue weighted by Gasteiger charge is -2.17. The number of hydrogen-bond acceptors (Lipinski definition) is 5. The Kier molecular flexibility index (Phi) is 6.59. The van der Waals surface area contributed by atoms with E-state index >= 15 is 0 Å². The first-order valence-electron chi connectivity index (χ1n) is 11.1. The molecule has 4 rings (SSSR count). The van der Waals surface area contributed by atoms with E-state index in [9.17, 15) is 19.2 Å². The highest BCUT2D eigenvalue weighted by atomic mass is 19.1. The van der Waals surface area contributed by atoms with Gasteiger partial charge in [0.2, 0.25) is 11.8 Å². The number of hydrogen-bond donors (Lipinski definition) is 2. The van der Waals surface area contributed by atoms with Crippen LogP contribution in [0.25, 0.3) is 5.69 Å². The summed E-state index contributed by atoms with van der Waals surface area (Å²) in [5.74, 6) is -1.27. The van der Waals surface area contributed by atoms with Crippen molar-refractivity contribution in [3.63, 3.8) is 0 Å². The average Bonchev–Trinajstić information content (AvgIpc) is 3.36. The maximum absolute atomic E-state index is 14.3. The highest BCUT2D eigenvalue weighted by Gasteiger charge is 2.36. The van der Waals surface area contributed by atoms with Crippen molar-refractivity contribution in [3.05, 3.63) is 71.2 Å². The molecule has 0 radical (unpaired) electrons. The van der Waals surface area contributed by atoms with Crippen LogP contribution in [0.5, 0.6) is 0 Å². The number of aromatic nitrogens is 2. The summed E-state index contributed by atoms with van der Waals surface area (Å²) in [6.07, 6.45) is 1.04. The Balaban J connectivity index is 1.33. The standard InChI is InChI=1S/C25H25FN6O2/c1-16-9-10-22(20(26)12-16)31-15-17(13-23(31)33)25(34)29-11-5-8-21-19(14-27)24(28)32(30-21)18-6-3-2-4-7-18/h2-4,6-7,9-10,12,17H,5,8,11,13,15,28H2,1H3,(H,29,34). The minimum atomic E-state index is -0.546. The van der Waals surface area contributed by atoms with E-state index in [4.69, 9.17) is 5.73 Å². The molecule has 1 saturated heterocycles. The molecule has 1 aliphatic rings. The summed E-state index contributed by atoms with van der Waals surface area (Å²) < 4.78 is 15.8. The molecule has 2 amide bonds. The summed E-state index contributed by atoms with van der Waals surface area (Å²) in [6.45, 7) is 2.27. The Labute approximate surface area is 196 Å². The predicted molar refractivity (Wildman–Crippen MR) is 126 cm³/mol. The van der Waals surface area contributed by atoms with E-state index < -0.39 is 11.7 Å². The zero-order valence-corrected chi connectivity index (χ0v) is 18.8. The molecule has 1 atom stereocenters. The first-order chi connectivity index (χ1) is 16.4. The smallest absolute Gasteiger partial charge is 0.227 e. The molecule has 1 aromatic heterocycles. The summed E-state index contributed by atoms with van der Waals surface area (Å²) in [4.78, 5) is 26.3. The Bertz CT molecular complexity index is 1260. The number of halogens is 1. The molecule has 2 heterocycles. The van der Waals surface area contributed by atoms with Gasteiger partial charge in [-0.3, -0.25) is 9.59 Å². The fraction of sp³-hybridized carbons (Fsp3) is 0.280. The van der Waals surface area contributed by atoms with E-state index in [0.29, 0.717) is 30.6 Å². The van der Waals surface area contributed by atoms with Crippen LogP contribution in [0.1, 0.15) is 29.7 Å². The number of nitrogens with two attached hydrogens (primary N) is 1. The van der Waals surface area contributed by atoms with Gasteiger partial charge in [-0.15, -0.1) is 0 Å². The van der Waals surface area contributed by atoms with E-state index in [-0.39, 0.29) is 36.3 Å². The summed E-state index contributed by atoms with van der Waals surface area (Å²) in [6, 6.07) is 16.1. The molecule has 3 N–H and O–H groups in total. The van der Waals surface area contributed by atoms with Crippen LogP contribution in [0.2, 0.25) is 0 Å². The maximum atomic E-state index is 14.3. The molecule has 0 saturated carbocycles. The number of anilines is 2. The summed E-state index contributed by atoms with van der Waals surface area (Å²) in [5.41, 5.74) is 8.73. The number of amides is 2. The lowest BCUT2D eigenvalue weighted by atomic mass is 10.1. The number of nitrogens with zero attached hydrogens (tertiary/aromatic N) is 4. The lowest BCUT2D eigenvalue weighted by molar-refractivity contribution is -0.126. The fourth-order valence-electron chi connectivity index (χ4n) is 4.10. The number of aryl methyl sites for hydroxylation is 2. The average molecular weight is 461 g/mol. The van der Waals surface area contributed by atoms with Crippen molar-refractivity contribution >= 4 is 23.3 Å². The summed E-state index contributed by atoms with van der Waals surface area (Å²) in [5, 5.41) is 16.8. The van der Waals surface area contributed by atoms with Gasteiger partial charge in [0.1, 0.15) is 23.3 Å². The zero-order valence-electron chi connectivity index (χ0n) is 18.8. The van der Waals surface area contributed by atoms with E-state index in [1.807, 2.05) is 30.3 Å². The second-order valence-electron chi connectivity index (χ2n) is 8.32. The molecule has 2 aromatic carbocycles. The van der Waals surface area contributed by atoms with Gasteiger partial charge in [0.15, 0.2) is 0 Å². The normalized spacial score (nSPS) is 15.4. The van der Waals surface area contributed by atoms with Gasteiger partial charge >= 0.3 is 0 Å². The van der Waals surface area contributed by atoms with Crippen LogP contribution in [-0.4, -0.2) is 34.7 Å². The Morgan fingerprint density at radius 1 is 1.29 bits per heavy atom. The van der Waals surface area contributed by atoms with Gasteiger partial charge in [-0.1, -0.05) is 24.3 Å². The van der Waals surface area contributed by atoms with Gasteiger partial charge in [0.05, 0.1) is 23.0 Å². The van der Waals surface area contributed by atoms with Crippen LogP contribution in [0.15, 0.2) is 48.5 Å². The first-order valence-corrected chi connectivity index (χ1v) is 11.1. The number of benzene rings is 2. The van der Waals surface area contributed by atoms with E-state index in [1.165, 1.54) is 15.6 Å². The Hall–Kier alpha value is -4.19. The minimum absolute atomic E-state index is 0.0374. The van der Waals surface area contributed by atoms with Crippen LogP contribution >= 0.6 is 0 Å². The SMILES string of the molecule is Cc1ccc(N2CC(C(=O)NCCCc3nn(-c4ccccc4)c(N)c3C#N)CC2=O)c(F)c1. The van der Waals surface area contributed by atoms with Gasteiger partial charge in [0, 0.05) is 19.5 Å². The van der Waals surface area contributed by atoms with Crippen molar-refractivity contribution in [2.45, 2.75) is 26.2 Å². The Morgan fingerprint density at radius 2 is 2.06 bits per heavy atom. The predicted octanol–water partition coefficient (Wildman–Crippen LogP) is 2.88. The highest BCUT2D eigenvalue weighted by Crippen LogP contribution is 2.28. The molecule has 1 fully saturated rings. The fourth-order valence-corrected chi connectivity index (χ4v) is 4.10. The number of carbonyl (C=O) groups excluding carboxylic acids is 2. The molecule has 174 valence electrons. The summed E-state index contributed by atoms with van der Waals surface area (Å²) in [7, 11) is 0. The molecule has 9 heteroatoms. The molecular formula is C25H25FN6O2. The third-order valence-corrected chi connectivity index (χ3v) is 5.89. The molecule has 1 unspecified atom stereocenters. The number of carbonyl (C=O) groups is 2. The topological polar surface area (TPSA) is 117 Å². The van der Waals surface area contributed by atoms with Gasteiger partial charge in [-0.05, 0) is 49.6 Å². The number of nitriles is 1. The molecule has 0 spiro atoms. The van der Waals surface area contributed by atoms with Gasteiger partial charge < -0.3 is 16.0 Å². The highest BCUT2D eigenvalue weighted by molar-refractivity contribution is 6.00. The molecular weight excluding hydrogens is 435 g/mol. The third-order valence-electron chi connectivity index (χ3n) is 5.89. The van der Waals surface area contributed by atoms with E-state index in [1.54, 1.807) is 19.1 Å². The number of nitrogens with one attached hydrogen (secondary N) is 1. The van der Waals surface area contributed by atoms with Crippen molar-refractivity contribution in [2.75, 3.05) is 23.7 Å². The molecule has 8 nitrogen and oxygen atoms in total. The lowest BCUT2D eigenvalue weighted by Crippen LogP contribution is -2.33. The first kappa shape index (κ1) is 23.0. The largest absolute Gasteiger partial charge is 0.382 e. The van der Waals surface area contributed by atoms with Crippen LogP contribution < -0.4 is 16.0 Å². The van der Waals surface area contributed by atoms with E-state index in [0.717, 1.165) is 11.3 Å². The van der Waals surface area contributed by atoms with Crippen LogP contribution in [0.4, 0.5) is 15.9 Å². The maximum Gasteiger partial charge on any atom is 0.227 e. The summed E-state index contributed by atoms with van der Waals surface area (Å²) >= 11 is 0. The third kappa shape index (κ3) is 4.62. The van der Waals surface area contributed by atoms with Crippen molar-refractivity contribution in [1.29, 1.82) is 5.26 Å². The van der Waals surface area contributed by atoms with Crippen molar-refractivity contribution in [2.24, 2.45) is 5.92 Å². The second kappa shape index (κ2) is 9.75. The Morgan fingerprint density at radius 3 is 2.76 bits per heavy atom. The molecule has 1 aliphatic heterocycles. The minimum Gasteiger partial charge on any atom is -0.382 e. The van der Waals surface area contributed by atoms with Crippen molar-refractivity contribution in [3.8, 4) is 11.8 Å². The van der Waals surface area contributed by atoms with Crippen LogP contribution in [0, 0.1) is 30.0 Å². The van der Waals surface area contributed by atoms with Crippen molar-refractivity contribution in [1.82, 2.24) is 15.1 Å². The van der Waals surface area contributed by atoms with Gasteiger partial charge in [-0.25, -0.2) is 9.07 Å². The second-order valence-corrected chi connectivity index (χ2v) is 8.32. The number of rotatable bonds is 7. The monoisotopic (exact) mass is 460 g/mol. The van der Waals surface area contributed by atoms with Crippen LogP contribution in [-0.2, 0) is 16.0 Å². The molecule has 0 bridgehead atoms. The number of para-hydroxylation sites is 1. The van der Waals surface area contributed by atoms with Crippen LogP contribution in [0.3, 0.4) is 0 Å². The molecule has 3 aromatic rings.